The van der Waals surface area contributed by atoms with Crippen LogP contribution in [-0.4, -0.2) is 54.2 Å². The largest absolute Gasteiger partial charge is 0.497 e. The van der Waals surface area contributed by atoms with Crippen LogP contribution in [0.1, 0.15) is 24.5 Å². The van der Waals surface area contributed by atoms with Gasteiger partial charge in [-0.25, -0.2) is 4.99 Å². The van der Waals surface area contributed by atoms with E-state index >= 15 is 0 Å². The number of hydrogen-bond donors (Lipinski definition) is 2. The van der Waals surface area contributed by atoms with Crippen LogP contribution in [0.2, 0.25) is 0 Å². The second-order valence-corrected chi connectivity index (χ2v) is 6.85. The van der Waals surface area contributed by atoms with Crippen LogP contribution in [0.4, 0.5) is 0 Å². The summed E-state index contributed by atoms with van der Waals surface area (Å²) in [5.74, 6) is 3.55. The van der Waals surface area contributed by atoms with E-state index in [1.54, 1.807) is 28.4 Å². The number of aliphatic imine (C=N–C) groups is 1. The van der Waals surface area contributed by atoms with Gasteiger partial charge in [-0.05, 0) is 31.0 Å². The summed E-state index contributed by atoms with van der Waals surface area (Å²) in [4.78, 5) is 4.73. The molecule has 0 radical (unpaired) electrons. The van der Waals surface area contributed by atoms with Crippen LogP contribution < -0.4 is 29.6 Å². The SMILES string of the molecule is CCOCCCNC(=NCc1ccc(OC)cc1)NCc1c(OC)cc(OC)cc1OC. The molecule has 0 fully saturated rings. The Balaban J connectivity index is 2.12. The normalized spacial score (nSPS) is 11.1. The number of hydrogen-bond acceptors (Lipinski definition) is 6. The van der Waals surface area contributed by atoms with Gasteiger partial charge in [-0.2, -0.15) is 0 Å². The molecule has 176 valence electrons. The third kappa shape index (κ3) is 7.85. The van der Waals surface area contributed by atoms with Gasteiger partial charge in [0.25, 0.3) is 0 Å². The Morgan fingerprint density at radius 2 is 1.50 bits per heavy atom. The molecule has 0 saturated heterocycles. The Hall–Kier alpha value is -3.13. The molecule has 8 nitrogen and oxygen atoms in total. The van der Waals surface area contributed by atoms with Gasteiger partial charge in [0.2, 0.25) is 0 Å². The van der Waals surface area contributed by atoms with Gasteiger partial charge >= 0.3 is 0 Å². The average Bonchev–Trinajstić information content (AvgIpc) is 2.84. The van der Waals surface area contributed by atoms with E-state index in [4.69, 9.17) is 28.7 Å². The number of guanidine groups is 1. The van der Waals surface area contributed by atoms with Crippen LogP contribution in [0.3, 0.4) is 0 Å². The third-order valence-electron chi connectivity index (χ3n) is 4.79. The highest BCUT2D eigenvalue weighted by atomic mass is 16.5. The lowest BCUT2D eigenvalue weighted by molar-refractivity contribution is 0.145. The molecule has 2 N–H and O–H groups in total. The summed E-state index contributed by atoms with van der Waals surface area (Å²) < 4.78 is 27.1. The Morgan fingerprint density at radius 1 is 0.844 bits per heavy atom. The van der Waals surface area contributed by atoms with E-state index in [9.17, 15) is 0 Å². The molecule has 8 heteroatoms. The Morgan fingerprint density at radius 3 is 2.06 bits per heavy atom. The first-order valence-corrected chi connectivity index (χ1v) is 10.7. The van der Waals surface area contributed by atoms with Gasteiger partial charge in [0.05, 0.1) is 47.1 Å². The maximum Gasteiger partial charge on any atom is 0.191 e. The van der Waals surface area contributed by atoms with Crippen LogP contribution in [0, 0.1) is 0 Å². The van der Waals surface area contributed by atoms with E-state index in [0.29, 0.717) is 49.5 Å². The minimum Gasteiger partial charge on any atom is -0.497 e. The molecule has 0 spiro atoms. The van der Waals surface area contributed by atoms with E-state index in [2.05, 4.69) is 10.6 Å². The van der Waals surface area contributed by atoms with E-state index in [0.717, 1.165) is 29.8 Å². The van der Waals surface area contributed by atoms with E-state index in [1.165, 1.54) is 0 Å². The van der Waals surface area contributed by atoms with Gasteiger partial charge in [-0.15, -0.1) is 0 Å². The summed E-state index contributed by atoms with van der Waals surface area (Å²) in [5, 5.41) is 6.75. The Kier molecular flexibility index (Phi) is 11.0. The molecule has 0 heterocycles. The molecule has 0 saturated carbocycles. The van der Waals surface area contributed by atoms with Crippen molar-refractivity contribution in [2.24, 2.45) is 4.99 Å². The van der Waals surface area contributed by atoms with Crippen LogP contribution in [0.5, 0.6) is 23.0 Å². The molecule has 0 aliphatic heterocycles. The molecular formula is C24H35N3O5. The molecule has 2 rings (SSSR count). The first-order valence-electron chi connectivity index (χ1n) is 10.7. The van der Waals surface area contributed by atoms with Gasteiger partial charge in [0.15, 0.2) is 5.96 Å². The minimum atomic E-state index is 0.468. The van der Waals surface area contributed by atoms with Gasteiger partial charge < -0.3 is 34.3 Å². The number of rotatable bonds is 13. The molecule has 2 aromatic rings. The van der Waals surface area contributed by atoms with Gasteiger partial charge in [0.1, 0.15) is 23.0 Å². The Labute approximate surface area is 190 Å². The molecule has 0 amide bonds. The fraction of sp³-hybridized carbons (Fsp3) is 0.458. The lowest BCUT2D eigenvalue weighted by Crippen LogP contribution is -2.38. The number of nitrogens with one attached hydrogen (secondary N) is 2. The molecule has 0 atom stereocenters. The highest BCUT2D eigenvalue weighted by Crippen LogP contribution is 2.33. The van der Waals surface area contributed by atoms with Gasteiger partial charge in [0, 0.05) is 31.9 Å². The van der Waals surface area contributed by atoms with Crippen LogP contribution in [0.15, 0.2) is 41.4 Å². The summed E-state index contributed by atoms with van der Waals surface area (Å²) in [6.07, 6.45) is 0.881. The molecule has 0 bridgehead atoms. The van der Waals surface area contributed by atoms with Crippen molar-refractivity contribution in [1.82, 2.24) is 10.6 Å². The number of benzene rings is 2. The van der Waals surface area contributed by atoms with Crippen molar-refractivity contribution in [3.05, 3.63) is 47.5 Å². The highest BCUT2D eigenvalue weighted by molar-refractivity contribution is 5.80. The van der Waals surface area contributed by atoms with E-state index in [1.807, 2.05) is 43.3 Å². The summed E-state index contributed by atoms with van der Waals surface area (Å²) in [6.45, 7) is 5.15. The summed E-state index contributed by atoms with van der Waals surface area (Å²) in [7, 11) is 6.52. The molecule has 0 unspecified atom stereocenters. The highest BCUT2D eigenvalue weighted by Gasteiger charge is 2.14. The molecule has 0 aromatic heterocycles. The van der Waals surface area contributed by atoms with Crippen molar-refractivity contribution >= 4 is 5.96 Å². The summed E-state index contributed by atoms with van der Waals surface area (Å²) in [6, 6.07) is 11.5. The zero-order valence-corrected chi connectivity index (χ0v) is 19.7. The maximum atomic E-state index is 5.55. The molecule has 32 heavy (non-hydrogen) atoms. The lowest BCUT2D eigenvalue weighted by atomic mass is 10.1. The zero-order chi connectivity index (χ0) is 23.2. The second kappa shape index (κ2) is 14.0. The standard InChI is InChI=1S/C24H35N3O5/c1-6-32-13-7-12-25-24(26-16-18-8-10-19(28-2)11-9-18)27-17-21-22(30-4)14-20(29-3)15-23(21)31-5/h8-11,14-15H,6-7,12-13,16-17H2,1-5H3,(H2,25,26,27). The minimum absolute atomic E-state index is 0.468. The van der Waals surface area contributed by atoms with Crippen LogP contribution in [0.25, 0.3) is 0 Å². The summed E-state index contributed by atoms with van der Waals surface area (Å²) in [5.41, 5.74) is 1.96. The number of nitrogens with zero attached hydrogens (tertiary/aromatic N) is 1. The van der Waals surface area contributed by atoms with Crippen molar-refractivity contribution in [2.75, 3.05) is 48.2 Å². The fourth-order valence-corrected chi connectivity index (χ4v) is 3.03. The lowest BCUT2D eigenvalue weighted by Gasteiger charge is -2.17. The quantitative estimate of drug-likeness (QED) is 0.278. The molecular weight excluding hydrogens is 410 g/mol. The van der Waals surface area contributed by atoms with Crippen LogP contribution in [-0.2, 0) is 17.8 Å². The van der Waals surface area contributed by atoms with Gasteiger partial charge in [-0.3, -0.25) is 0 Å². The number of ether oxygens (including phenoxy) is 5. The Bertz CT molecular complexity index is 815. The second-order valence-electron chi connectivity index (χ2n) is 6.85. The molecule has 0 aliphatic carbocycles. The summed E-state index contributed by atoms with van der Waals surface area (Å²) >= 11 is 0. The molecule has 0 aliphatic rings. The van der Waals surface area contributed by atoms with Crippen molar-refractivity contribution in [2.45, 2.75) is 26.4 Å². The van der Waals surface area contributed by atoms with Crippen molar-refractivity contribution in [3.63, 3.8) is 0 Å². The first-order chi connectivity index (χ1) is 15.6. The first kappa shape index (κ1) is 25.1. The van der Waals surface area contributed by atoms with E-state index < -0.39 is 0 Å². The average molecular weight is 446 g/mol. The van der Waals surface area contributed by atoms with E-state index in [-0.39, 0.29) is 0 Å². The van der Waals surface area contributed by atoms with Gasteiger partial charge in [-0.1, -0.05) is 12.1 Å². The van der Waals surface area contributed by atoms with Crippen molar-refractivity contribution in [1.29, 1.82) is 0 Å². The monoisotopic (exact) mass is 445 g/mol. The molecule has 2 aromatic carbocycles. The predicted molar refractivity (Wildman–Crippen MR) is 126 cm³/mol. The number of methoxy groups -OCH3 is 4. The smallest absolute Gasteiger partial charge is 0.191 e. The van der Waals surface area contributed by atoms with Crippen LogP contribution >= 0.6 is 0 Å². The zero-order valence-electron chi connectivity index (χ0n) is 19.7. The van der Waals surface area contributed by atoms with Crippen molar-refractivity contribution < 1.29 is 23.7 Å². The fourth-order valence-electron chi connectivity index (χ4n) is 3.03. The topological polar surface area (TPSA) is 82.6 Å². The maximum absolute atomic E-state index is 5.55. The predicted octanol–water partition coefficient (Wildman–Crippen LogP) is 3.38. The van der Waals surface area contributed by atoms with Crippen molar-refractivity contribution in [3.8, 4) is 23.0 Å². The third-order valence-corrected chi connectivity index (χ3v) is 4.79.